The Hall–Kier alpha value is -2.05. The van der Waals surface area contributed by atoms with Crippen molar-refractivity contribution >= 4 is 34.1 Å². The summed E-state index contributed by atoms with van der Waals surface area (Å²) in [5.74, 6) is 1.58. The van der Waals surface area contributed by atoms with Crippen molar-refractivity contribution in [2.24, 2.45) is 0 Å². The molecule has 6 heteroatoms. The molecule has 0 aliphatic heterocycles. The summed E-state index contributed by atoms with van der Waals surface area (Å²) in [7, 11) is 0. The maximum Gasteiger partial charge on any atom is 0.293 e. The summed E-state index contributed by atoms with van der Waals surface area (Å²) in [5.41, 5.74) is 1.14. The molecular formula is C19H18N2O2S2. The Morgan fingerprint density at radius 3 is 2.84 bits per heavy atom. The highest BCUT2D eigenvalue weighted by Crippen LogP contribution is 2.30. The average molecular weight is 370 g/mol. The van der Waals surface area contributed by atoms with Gasteiger partial charge in [-0.2, -0.15) is 0 Å². The molecule has 128 valence electrons. The molecule has 2 aromatic heterocycles. The van der Waals surface area contributed by atoms with E-state index in [0.717, 1.165) is 24.3 Å². The van der Waals surface area contributed by atoms with Crippen LogP contribution in [0.5, 0.6) is 0 Å². The topological polar surface area (TPSA) is 55.1 Å². The zero-order valence-electron chi connectivity index (χ0n) is 13.7. The Bertz CT molecular complexity index is 847. The molecule has 0 atom stereocenters. The van der Waals surface area contributed by atoms with Gasteiger partial charge in [0, 0.05) is 9.77 Å². The lowest BCUT2D eigenvalue weighted by molar-refractivity contribution is 0.0995. The Morgan fingerprint density at radius 2 is 2.00 bits per heavy atom. The van der Waals surface area contributed by atoms with Crippen LogP contribution < -0.4 is 5.32 Å². The van der Waals surface area contributed by atoms with Gasteiger partial charge in [-0.25, -0.2) is 4.98 Å². The molecule has 3 aromatic rings. The molecule has 1 aliphatic rings. The molecule has 4 rings (SSSR count). The smallest absolute Gasteiger partial charge is 0.293 e. The van der Waals surface area contributed by atoms with Crippen LogP contribution in [0.1, 0.15) is 39.7 Å². The molecule has 0 spiro atoms. The molecule has 0 bridgehead atoms. The summed E-state index contributed by atoms with van der Waals surface area (Å²) >= 11 is 3.27. The third kappa shape index (κ3) is 3.96. The predicted molar refractivity (Wildman–Crippen MR) is 101 cm³/mol. The van der Waals surface area contributed by atoms with Crippen molar-refractivity contribution in [3.8, 4) is 0 Å². The zero-order chi connectivity index (χ0) is 17.1. The van der Waals surface area contributed by atoms with Gasteiger partial charge in [0.05, 0.1) is 11.4 Å². The van der Waals surface area contributed by atoms with E-state index in [4.69, 9.17) is 4.42 Å². The number of nitrogens with zero attached hydrogens (tertiary/aromatic N) is 1. The van der Waals surface area contributed by atoms with Gasteiger partial charge in [0.2, 0.25) is 0 Å². The summed E-state index contributed by atoms with van der Waals surface area (Å²) in [5, 5.41) is 3.55. The average Bonchev–Trinajstić information content (AvgIpc) is 3.27. The summed E-state index contributed by atoms with van der Waals surface area (Å²) < 4.78 is 5.69. The maximum atomic E-state index is 12.4. The fraction of sp³-hybridized carbons (Fsp3) is 0.263. The van der Waals surface area contributed by atoms with Crippen LogP contribution in [0.4, 0.5) is 5.13 Å². The van der Waals surface area contributed by atoms with Gasteiger partial charge in [0.1, 0.15) is 5.76 Å². The molecule has 1 N–H and O–H groups in total. The van der Waals surface area contributed by atoms with Gasteiger partial charge in [-0.15, -0.1) is 23.1 Å². The van der Waals surface area contributed by atoms with Gasteiger partial charge in [0.15, 0.2) is 10.9 Å². The monoisotopic (exact) mass is 370 g/mol. The van der Waals surface area contributed by atoms with Crippen LogP contribution in [0, 0.1) is 0 Å². The minimum absolute atomic E-state index is 0.234. The standard InChI is InChI=1S/C19H18N2O2S2/c22-18(21-19-20-15-8-4-5-9-17(15)25-19)16-11-10-13(23-16)12-24-14-6-2-1-3-7-14/h1-3,6-7,10-11H,4-5,8-9,12H2,(H,20,21,22). The van der Waals surface area contributed by atoms with Gasteiger partial charge in [-0.05, 0) is 49.9 Å². The molecule has 0 saturated heterocycles. The Labute approximate surface area is 154 Å². The van der Waals surface area contributed by atoms with Crippen molar-refractivity contribution in [2.75, 3.05) is 5.32 Å². The van der Waals surface area contributed by atoms with Gasteiger partial charge >= 0.3 is 0 Å². The summed E-state index contributed by atoms with van der Waals surface area (Å²) in [6.07, 6.45) is 4.49. The van der Waals surface area contributed by atoms with Crippen LogP contribution in [-0.4, -0.2) is 10.9 Å². The molecule has 0 fully saturated rings. The van der Waals surface area contributed by atoms with E-state index in [0.29, 0.717) is 16.6 Å². The first-order valence-electron chi connectivity index (χ1n) is 8.34. The molecule has 0 unspecified atom stereocenters. The van der Waals surface area contributed by atoms with E-state index in [2.05, 4.69) is 22.4 Å². The van der Waals surface area contributed by atoms with Crippen LogP contribution in [0.3, 0.4) is 0 Å². The van der Waals surface area contributed by atoms with E-state index < -0.39 is 0 Å². The number of amides is 1. The number of hydrogen-bond acceptors (Lipinski definition) is 5. The third-order valence-electron chi connectivity index (χ3n) is 4.08. The van der Waals surface area contributed by atoms with Crippen molar-refractivity contribution in [3.63, 3.8) is 0 Å². The predicted octanol–water partition coefficient (Wildman–Crippen LogP) is 5.16. The summed E-state index contributed by atoms with van der Waals surface area (Å²) in [6.45, 7) is 0. The minimum Gasteiger partial charge on any atom is -0.455 e. The highest BCUT2D eigenvalue weighted by atomic mass is 32.2. The van der Waals surface area contributed by atoms with Crippen molar-refractivity contribution < 1.29 is 9.21 Å². The highest BCUT2D eigenvalue weighted by Gasteiger charge is 2.18. The van der Waals surface area contributed by atoms with Crippen molar-refractivity contribution in [2.45, 2.75) is 36.3 Å². The Morgan fingerprint density at radius 1 is 1.16 bits per heavy atom. The second kappa shape index (κ2) is 7.45. The number of benzene rings is 1. The molecule has 25 heavy (non-hydrogen) atoms. The largest absolute Gasteiger partial charge is 0.455 e. The number of fused-ring (bicyclic) bond motifs is 1. The first-order chi connectivity index (χ1) is 12.3. The number of anilines is 1. The number of furan rings is 1. The number of rotatable bonds is 5. The Balaban J connectivity index is 1.38. The highest BCUT2D eigenvalue weighted by molar-refractivity contribution is 7.98. The molecule has 1 amide bonds. The lowest BCUT2D eigenvalue weighted by Gasteiger charge is -2.06. The third-order valence-corrected chi connectivity index (χ3v) is 6.18. The summed E-state index contributed by atoms with van der Waals surface area (Å²) in [6, 6.07) is 13.7. The van der Waals surface area contributed by atoms with Gasteiger partial charge in [0.25, 0.3) is 5.91 Å². The molecule has 0 saturated carbocycles. The summed E-state index contributed by atoms with van der Waals surface area (Å²) in [4.78, 5) is 19.4. The van der Waals surface area contributed by atoms with Crippen LogP contribution in [0.25, 0.3) is 0 Å². The maximum absolute atomic E-state index is 12.4. The van der Waals surface area contributed by atoms with Crippen molar-refractivity contribution in [1.29, 1.82) is 0 Å². The lowest BCUT2D eigenvalue weighted by atomic mass is 10.0. The Kier molecular flexibility index (Phi) is 4.90. The number of aryl methyl sites for hydroxylation is 2. The fourth-order valence-electron chi connectivity index (χ4n) is 2.81. The normalized spacial score (nSPS) is 13.4. The molecule has 4 nitrogen and oxygen atoms in total. The zero-order valence-corrected chi connectivity index (χ0v) is 15.3. The van der Waals surface area contributed by atoms with Crippen LogP contribution >= 0.6 is 23.1 Å². The quantitative estimate of drug-likeness (QED) is 0.630. The molecular weight excluding hydrogens is 352 g/mol. The molecule has 2 heterocycles. The van der Waals surface area contributed by atoms with E-state index in [9.17, 15) is 4.79 Å². The SMILES string of the molecule is O=C(Nc1nc2c(s1)CCCC2)c1ccc(CSc2ccccc2)o1. The second-order valence-corrected chi connectivity index (χ2v) is 8.05. The first-order valence-corrected chi connectivity index (χ1v) is 10.1. The van der Waals surface area contributed by atoms with Gasteiger partial charge in [-0.1, -0.05) is 18.2 Å². The molecule has 0 radical (unpaired) electrons. The van der Waals surface area contributed by atoms with Crippen molar-refractivity contribution in [1.82, 2.24) is 4.98 Å². The second-order valence-electron chi connectivity index (χ2n) is 5.92. The molecule has 1 aromatic carbocycles. The van der Waals surface area contributed by atoms with E-state index in [1.54, 1.807) is 29.2 Å². The number of nitrogens with one attached hydrogen (secondary N) is 1. The van der Waals surface area contributed by atoms with Crippen LogP contribution in [0.2, 0.25) is 0 Å². The number of aromatic nitrogens is 1. The minimum atomic E-state index is -0.234. The van der Waals surface area contributed by atoms with E-state index >= 15 is 0 Å². The van der Waals surface area contributed by atoms with E-state index in [1.807, 2.05) is 24.3 Å². The van der Waals surface area contributed by atoms with Crippen LogP contribution in [0.15, 0.2) is 51.8 Å². The molecule has 1 aliphatic carbocycles. The number of thioether (sulfide) groups is 1. The van der Waals surface area contributed by atoms with Gasteiger partial charge in [-0.3, -0.25) is 10.1 Å². The number of carbonyl (C=O) groups is 1. The van der Waals surface area contributed by atoms with E-state index in [1.165, 1.54) is 22.6 Å². The van der Waals surface area contributed by atoms with Crippen molar-refractivity contribution in [3.05, 3.63) is 64.6 Å². The fourth-order valence-corrected chi connectivity index (χ4v) is 4.67. The number of carbonyl (C=O) groups excluding carboxylic acids is 1. The van der Waals surface area contributed by atoms with Gasteiger partial charge < -0.3 is 4.42 Å². The first kappa shape index (κ1) is 16.4. The number of thiazole rings is 1. The lowest BCUT2D eigenvalue weighted by Crippen LogP contribution is -2.10. The number of hydrogen-bond donors (Lipinski definition) is 1. The van der Waals surface area contributed by atoms with E-state index in [-0.39, 0.29) is 5.91 Å². The van der Waals surface area contributed by atoms with Crippen LogP contribution in [-0.2, 0) is 18.6 Å².